The average molecular weight is 551 g/mol. The van der Waals surface area contributed by atoms with E-state index in [9.17, 15) is 9.90 Å². The highest BCUT2D eigenvalue weighted by molar-refractivity contribution is 6.02. The van der Waals surface area contributed by atoms with Crippen LogP contribution in [0.25, 0.3) is 0 Å². The molecule has 10 heteroatoms. The first-order chi connectivity index (χ1) is 19.2. The predicted molar refractivity (Wildman–Crippen MR) is 160 cm³/mol. The van der Waals surface area contributed by atoms with Crippen LogP contribution >= 0.6 is 0 Å². The molecule has 2 fully saturated rings. The Labute approximate surface area is 238 Å². The summed E-state index contributed by atoms with van der Waals surface area (Å²) in [6.07, 6.45) is 9.44. The SMILES string of the molecule is C=Nc1nc(C(=N)NC(=O)O)nc(N[C@H](C)C2CCC2)c1N1CC2CC[C@@H](C)C3=C2N(C1)[C@@H](CCCC)C(C)C3. The van der Waals surface area contributed by atoms with E-state index in [4.69, 9.17) is 10.4 Å². The Bertz CT molecular complexity index is 1180. The summed E-state index contributed by atoms with van der Waals surface area (Å²) in [5.41, 5.74) is 4.05. The number of amides is 1. The van der Waals surface area contributed by atoms with E-state index in [1.165, 1.54) is 51.4 Å². The molecule has 1 aromatic heterocycles. The van der Waals surface area contributed by atoms with E-state index in [1.807, 2.05) is 0 Å². The maximum Gasteiger partial charge on any atom is 0.410 e. The molecule has 2 aliphatic heterocycles. The van der Waals surface area contributed by atoms with E-state index in [2.05, 4.69) is 64.8 Å². The molecule has 0 aromatic carbocycles. The van der Waals surface area contributed by atoms with Gasteiger partial charge in [0.25, 0.3) is 0 Å². The number of aliphatic imine (C=N–C) groups is 1. The van der Waals surface area contributed by atoms with Gasteiger partial charge in [-0.2, -0.15) is 0 Å². The molecular weight excluding hydrogens is 504 g/mol. The smallest absolute Gasteiger partial charge is 0.410 e. The number of amidine groups is 1. The molecule has 3 heterocycles. The van der Waals surface area contributed by atoms with Crippen molar-refractivity contribution >= 4 is 36.0 Å². The second kappa shape index (κ2) is 11.7. The molecule has 40 heavy (non-hydrogen) atoms. The number of hydrogen-bond donors (Lipinski definition) is 4. The zero-order valence-electron chi connectivity index (χ0n) is 24.5. The molecule has 5 rings (SSSR count). The van der Waals surface area contributed by atoms with Crippen LogP contribution in [-0.4, -0.2) is 63.9 Å². The van der Waals surface area contributed by atoms with Crippen LogP contribution < -0.4 is 15.5 Å². The van der Waals surface area contributed by atoms with Crippen LogP contribution in [-0.2, 0) is 0 Å². The lowest BCUT2D eigenvalue weighted by molar-refractivity contribution is 0.101. The number of carbonyl (C=O) groups is 1. The van der Waals surface area contributed by atoms with Gasteiger partial charge in [0.2, 0.25) is 0 Å². The number of carboxylic acid groups (broad SMARTS) is 1. The third-order valence-corrected chi connectivity index (χ3v) is 9.79. The number of anilines is 2. The lowest BCUT2D eigenvalue weighted by atomic mass is 9.71. The fraction of sp³-hybridized carbons (Fsp3) is 0.700. The van der Waals surface area contributed by atoms with Crippen molar-refractivity contribution in [2.45, 2.75) is 97.6 Å². The first-order valence-corrected chi connectivity index (χ1v) is 15.2. The number of hydrogen-bond acceptors (Lipinski definition) is 8. The highest BCUT2D eigenvalue weighted by Gasteiger charge is 2.44. The molecule has 5 atom stereocenters. The van der Waals surface area contributed by atoms with Gasteiger partial charge in [-0.3, -0.25) is 10.7 Å². The van der Waals surface area contributed by atoms with Gasteiger partial charge in [-0.05, 0) is 75.5 Å². The zero-order chi connectivity index (χ0) is 28.6. The van der Waals surface area contributed by atoms with Crippen molar-refractivity contribution in [1.29, 1.82) is 5.41 Å². The maximum absolute atomic E-state index is 11.3. The van der Waals surface area contributed by atoms with E-state index in [-0.39, 0.29) is 17.7 Å². The topological polar surface area (TPSA) is 130 Å². The summed E-state index contributed by atoms with van der Waals surface area (Å²) in [6.45, 7) is 14.7. The van der Waals surface area contributed by atoms with Gasteiger partial charge in [0.15, 0.2) is 23.3 Å². The summed E-state index contributed by atoms with van der Waals surface area (Å²) >= 11 is 0. The molecule has 0 spiro atoms. The van der Waals surface area contributed by atoms with E-state index < -0.39 is 6.09 Å². The van der Waals surface area contributed by atoms with Gasteiger partial charge in [0, 0.05) is 30.2 Å². The number of aromatic nitrogens is 2. The van der Waals surface area contributed by atoms with E-state index in [0.29, 0.717) is 41.3 Å². The summed E-state index contributed by atoms with van der Waals surface area (Å²) in [5, 5.41) is 23.2. The summed E-state index contributed by atoms with van der Waals surface area (Å²) in [5.74, 6) is 2.85. The third kappa shape index (κ3) is 5.41. The lowest BCUT2D eigenvalue weighted by Crippen LogP contribution is -2.57. The molecule has 4 aliphatic rings. The minimum Gasteiger partial charge on any atom is -0.465 e. The number of unbranched alkanes of at least 4 members (excludes halogenated alkanes) is 1. The lowest BCUT2D eigenvalue weighted by Gasteiger charge is -2.55. The van der Waals surface area contributed by atoms with Crippen LogP contribution in [0.5, 0.6) is 0 Å². The van der Waals surface area contributed by atoms with Gasteiger partial charge >= 0.3 is 6.09 Å². The Kier molecular flexibility index (Phi) is 8.33. The van der Waals surface area contributed by atoms with Crippen molar-refractivity contribution in [1.82, 2.24) is 20.2 Å². The molecule has 1 aromatic rings. The number of nitrogens with one attached hydrogen (secondary N) is 3. The van der Waals surface area contributed by atoms with Crippen molar-refractivity contribution in [2.24, 2.45) is 28.7 Å². The molecule has 0 bridgehead atoms. The monoisotopic (exact) mass is 550 g/mol. The molecule has 2 aliphatic carbocycles. The molecule has 2 unspecified atom stereocenters. The van der Waals surface area contributed by atoms with E-state index in [1.54, 1.807) is 11.3 Å². The normalized spacial score (nSPS) is 27.0. The van der Waals surface area contributed by atoms with Crippen molar-refractivity contribution in [3.8, 4) is 0 Å². The van der Waals surface area contributed by atoms with Crippen LogP contribution in [0.15, 0.2) is 16.3 Å². The van der Waals surface area contributed by atoms with Gasteiger partial charge in [0.1, 0.15) is 5.69 Å². The Balaban J connectivity index is 1.56. The molecule has 1 saturated carbocycles. The highest BCUT2D eigenvalue weighted by Crippen LogP contribution is 2.49. The standard InChI is InChI=1S/C30H46N8O2/c1-6-7-11-23-18(3)14-22-17(2)12-13-21-15-37(16-38(23)24(21)22)25-27(32-5)35-29(26(31)34-30(39)40)36-28(25)33-19(4)20-9-8-10-20/h17-21,23H,5-16H2,1-4H3,(H2,31,34)(H,39,40)(H,33,35,36)/t17-,18?,19-,21?,23+/m1/s1. The van der Waals surface area contributed by atoms with E-state index in [0.717, 1.165) is 25.3 Å². The molecule has 10 nitrogen and oxygen atoms in total. The summed E-state index contributed by atoms with van der Waals surface area (Å²) in [6, 6.07) is 0.678. The minimum absolute atomic E-state index is 0.00403. The fourth-order valence-electron chi connectivity index (χ4n) is 7.35. The molecule has 1 saturated heterocycles. The van der Waals surface area contributed by atoms with Crippen LogP contribution in [0, 0.1) is 29.1 Å². The third-order valence-electron chi connectivity index (χ3n) is 9.79. The fourth-order valence-corrected chi connectivity index (χ4v) is 7.35. The van der Waals surface area contributed by atoms with Crippen LogP contribution in [0.4, 0.5) is 22.1 Å². The van der Waals surface area contributed by atoms with Gasteiger partial charge in [-0.25, -0.2) is 19.8 Å². The quantitative estimate of drug-likeness (QED) is 0.220. The van der Waals surface area contributed by atoms with Gasteiger partial charge in [0.05, 0.1) is 6.67 Å². The molecular formula is C30H46N8O2. The van der Waals surface area contributed by atoms with Crippen molar-refractivity contribution in [2.75, 3.05) is 23.4 Å². The molecule has 0 radical (unpaired) electrons. The second-order valence-electron chi connectivity index (χ2n) is 12.5. The largest absolute Gasteiger partial charge is 0.465 e. The average Bonchev–Trinajstić information content (AvgIpc) is 2.88. The Morgan fingerprint density at radius 3 is 2.67 bits per heavy atom. The summed E-state index contributed by atoms with van der Waals surface area (Å²) in [4.78, 5) is 29.9. The van der Waals surface area contributed by atoms with Crippen LogP contribution in [0.2, 0.25) is 0 Å². The molecule has 218 valence electrons. The maximum atomic E-state index is 11.3. The van der Waals surface area contributed by atoms with Crippen LogP contribution in [0.1, 0.15) is 91.3 Å². The van der Waals surface area contributed by atoms with Gasteiger partial charge in [-0.15, -0.1) is 0 Å². The first kappa shape index (κ1) is 28.4. The Morgan fingerprint density at radius 2 is 2.02 bits per heavy atom. The highest BCUT2D eigenvalue weighted by atomic mass is 16.4. The Hall–Kier alpha value is -3.17. The van der Waals surface area contributed by atoms with E-state index >= 15 is 0 Å². The van der Waals surface area contributed by atoms with Crippen molar-refractivity contribution in [3.05, 3.63) is 17.1 Å². The number of rotatable bonds is 9. The number of nitrogens with zero attached hydrogens (tertiary/aromatic N) is 5. The van der Waals surface area contributed by atoms with Crippen molar-refractivity contribution in [3.63, 3.8) is 0 Å². The van der Waals surface area contributed by atoms with Gasteiger partial charge in [-0.1, -0.05) is 40.0 Å². The second-order valence-corrected chi connectivity index (χ2v) is 12.5. The summed E-state index contributed by atoms with van der Waals surface area (Å²) < 4.78 is 0. The number of allylic oxidation sites excluding steroid dienone is 1. The Morgan fingerprint density at radius 1 is 1.25 bits per heavy atom. The minimum atomic E-state index is -1.32. The van der Waals surface area contributed by atoms with Crippen LogP contribution in [0.3, 0.4) is 0 Å². The summed E-state index contributed by atoms with van der Waals surface area (Å²) in [7, 11) is 0. The molecule has 4 N–H and O–H groups in total. The predicted octanol–water partition coefficient (Wildman–Crippen LogP) is 5.98. The first-order valence-electron chi connectivity index (χ1n) is 15.2. The molecule has 1 amide bonds. The van der Waals surface area contributed by atoms with Crippen molar-refractivity contribution < 1.29 is 9.90 Å². The van der Waals surface area contributed by atoms with Gasteiger partial charge < -0.3 is 20.2 Å². The zero-order valence-corrected chi connectivity index (χ0v) is 24.5.